The molecule has 0 bridgehead atoms. The van der Waals surface area contributed by atoms with Crippen LogP contribution in [0.25, 0.3) is 0 Å². The second-order valence-corrected chi connectivity index (χ2v) is 4.80. The van der Waals surface area contributed by atoms with Gasteiger partial charge >= 0.3 is 0 Å². The van der Waals surface area contributed by atoms with E-state index in [0.29, 0.717) is 0 Å². The second kappa shape index (κ2) is 6.90. The molecule has 1 heterocycles. The predicted octanol–water partition coefficient (Wildman–Crippen LogP) is 2.62. The summed E-state index contributed by atoms with van der Waals surface area (Å²) in [7, 11) is 2.12. The summed E-state index contributed by atoms with van der Waals surface area (Å²) >= 11 is 0. The van der Waals surface area contributed by atoms with E-state index in [2.05, 4.69) is 59.5 Å². The molecule has 0 atom stereocenters. The number of rotatable bonds is 6. The van der Waals surface area contributed by atoms with E-state index in [-0.39, 0.29) is 0 Å². The Balaban J connectivity index is 1.72. The van der Waals surface area contributed by atoms with E-state index >= 15 is 0 Å². The van der Waals surface area contributed by atoms with E-state index in [4.69, 9.17) is 0 Å². The van der Waals surface area contributed by atoms with Crippen LogP contribution >= 0.6 is 0 Å². The number of hydrogen-bond donors (Lipinski definition) is 1. The minimum absolute atomic E-state index is 0.871. The third-order valence-electron chi connectivity index (χ3n) is 3.15. The Morgan fingerprint density at radius 1 is 1.16 bits per heavy atom. The van der Waals surface area contributed by atoms with Crippen LogP contribution in [-0.2, 0) is 6.54 Å². The molecule has 2 rings (SSSR count). The van der Waals surface area contributed by atoms with Gasteiger partial charge in [-0.1, -0.05) is 23.8 Å². The van der Waals surface area contributed by atoms with Crippen molar-refractivity contribution in [3.05, 3.63) is 59.9 Å². The maximum atomic E-state index is 4.10. The zero-order valence-corrected chi connectivity index (χ0v) is 11.6. The second-order valence-electron chi connectivity index (χ2n) is 4.80. The number of hydrogen-bond acceptors (Lipinski definition) is 3. The first-order chi connectivity index (χ1) is 9.25. The van der Waals surface area contributed by atoms with E-state index in [9.17, 15) is 0 Å². The average molecular weight is 255 g/mol. The fraction of sp³-hybridized carbons (Fsp3) is 0.312. The highest BCUT2D eigenvalue weighted by Crippen LogP contribution is 2.12. The topological polar surface area (TPSA) is 28.2 Å². The molecular formula is C16H21N3. The van der Waals surface area contributed by atoms with Gasteiger partial charge in [-0.2, -0.15) is 0 Å². The number of anilines is 1. The largest absolute Gasteiger partial charge is 0.373 e. The van der Waals surface area contributed by atoms with E-state index < -0.39 is 0 Å². The summed E-state index contributed by atoms with van der Waals surface area (Å²) in [5, 5.41) is 3.43. The fourth-order valence-corrected chi connectivity index (χ4v) is 1.91. The van der Waals surface area contributed by atoms with Gasteiger partial charge in [-0.3, -0.25) is 4.98 Å². The Labute approximate surface area is 115 Å². The van der Waals surface area contributed by atoms with Gasteiger partial charge in [-0.15, -0.1) is 0 Å². The number of likely N-dealkylation sites (N-methyl/N-ethyl adjacent to an activating group) is 1. The smallest absolute Gasteiger partial charge is 0.0364 e. The van der Waals surface area contributed by atoms with Gasteiger partial charge in [0.2, 0.25) is 0 Å². The highest BCUT2D eigenvalue weighted by Gasteiger charge is 1.99. The van der Waals surface area contributed by atoms with Gasteiger partial charge in [0.05, 0.1) is 0 Å². The highest BCUT2D eigenvalue weighted by molar-refractivity contribution is 5.46. The third kappa shape index (κ3) is 4.38. The Morgan fingerprint density at radius 2 is 1.95 bits per heavy atom. The molecule has 0 unspecified atom stereocenters. The van der Waals surface area contributed by atoms with Gasteiger partial charge in [0, 0.05) is 44.8 Å². The van der Waals surface area contributed by atoms with Crippen molar-refractivity contribution < 1.29 is 0 Å². The van der Waals surface area contributed by atoms with Crippen LogP contribution in [0.15, 0.2) is 48.8 Å². The first kappa shape index (κ1) is 13.6. The Kier molecular flexibility index (Phi) is 4.93. The molecule has 0 amide bonds. The fourth-order valence-electron chi connectivity index (χ4n) is 1.91. The van der Waals surface area contributed by atoms with Gasteiger partial charge in [0.25, 0.3) is 0 Å². The molecule has 0 aliphatic heterocycles. The monoisotopic (exact) mass is 255 g/mol. The van der Waals surface area contributed by atoms with Crippen molar-refractivity contribution in [2.45, 2.75) is 13.5 Å². The lowest BCUT2D eigenvalue weighted by atomic mass is 10.2. The standard InChI is InChI=1S/C16H21N3/c1-14-5-7-16(8-6-14)19(2)11-10-18-13-15-4-3-9-17-12-15/h3-9,12,18H,10-11,13H2,1-2H3. The van der Waals surface area contributed by atoms with Gasteiger partial charge in [-0.05, 0) is 30.7 Å². The van der Waals surface area contributed by atoms with Crippen molar-refractivity contribution in [1.82, 2.24) is 10.3 Å². The van der Waals surface area contributed by atoms with Crippen LogP contribution in [-0.4, -0.2) is 25.1 Å². The van der Waals surface area contributed by atoms with E-state index in [1.807, 2.05) is 12.3 Å². The summed E-state index contributed by atoms with van der Waals surface area (Å²) in [5.74, 6) is 0. The lowest BCUT2D eigenvalue weighted by molar-refractivity contribution is 0.678. The molecule has 0 saturated carbocycles. The molecule has 1 aromatic heterocycles. The Morgan fingerprint density at radius 3 is 2.63 bits per heavy atom. The van der Waals surface area contributed by atoms with E-state index in [0.717, 1.165) is 19.6 Å². The van der Waals surface area contributed by atoms with Crippen molar-refractivity contribution in [2.24, 2.45) is 0 Å². The number of benzene rings is 1. The Hall–Kier alpha value is -1.87. The average Bonchev–Trinajstić information content (AvgIpc) is 2.45. The molecule has 0 saturated heterocycles. The zero-order chi connectivity index (χ0) is 13.5. The lowest BCUT2D eigenvalue weighted by Crippen LogP contribution is -2.28. The van der Waals surface area contributed by atoms with Crippen molar-refractivity contribution in [3.63, 3.8) is 0 Å². The van der Waals surface area contributed by atoms with Gasteiger partial charge in [0.1, 0.15) is 0 Å². The van der Waals surface area contributed by atoms with Crippen molar-refractivity contribution in [3.8, 4) is 0 Å². The van der Waals surface area contributed by atoms with E-state index in [1.54, 1.807) is 6.20 Å². The number of aromatic nitrogens is 1. The summed E-state index contributed by atoms with van der Waals surface area (Å²) in [6.07, 6.45) is 3.70. The molecule has 100 valence electrons. The van der Waals surface area contributed by atoms with Crippen LogP contribution in [0.1, 0.15) is 11.1 Å². The quantitative estimate of drug-likeness (QED) is 0.804. The molecule has 2 aromatic rings. The summed E-state index contributed by atoms with van der Waals surface area (Å²) in [5.41, 5.74) is 3.78. The van der Waals surface area contributed by atoms with Gasteiger partial charge in [0.15, 0.2) is 0 Å². The van der Waals surface area contributed by atoms with Crippen molar-refractivity contribution in [1.29, 1.82) is 0 Å². The Bertz CT molecular complexity index is 479. The molecule has 3 nitrogen and oxygen atoms in total. The van der Waals surface area contributed by atoms with Crippen molar-refractivity contribution in [2.75, 3.05) is 25.0 Å². The first-order valence-corrected chi connectivity index (χ1v) is 6.63. The lowest BCUT2D eigenvalue weighted by Gasteiger charge is -2.19. The third-order valence-corrected chi connectivity index (χ3v) is 3.15. The van der Waals surface area contributed by atoms with Crippen LogP contribution in [0.5, 0.6) is 0 Å². The molecule has 19 heavy (non-hydrogen) atoms. The zero-order valence-electron chi connectivity index (χ0n) is 11.6. The van der Waals surface area contributed by atoms with Gasteiger partial charge in [-0.25, -0.2) is 0 Å². The maximum Gasteiger partial charge on any atom is 0.0364 e. The van der Waals surface area contributed by atoms with Crippen molar-refractivity contribution >= 4 is 5.69 Å². The summed E-state index contributed by atoms with van der Waals surface area (Å²) in [4.78, 5) is 6.36. The number of pyridine rings is 1. The van der Waals surface area contributed by atoms with E-state index in [1.165, 1.54) is 16.8 Å². The maximum absolute atomic E-state index is 4.10. The highest BCUT2D eigenvalue weighted by atomic mass is 15.1. The van der Waals surface area contributed by atoms with Crippen LogP contribution in [0.3, 0.4) is 0 Å². The number of nitrogens with one attached hydrogen (secondary N) is 1. The first-order valence-electron chi connectivity index (χ1n) is 6.63. The molecule has 3 heteroatoms. The van der Waals surface area contributed by atoms with Crippen LogP contribution < -0.4 is 10.2 Å². The SMILES string of the molecule is Cc1ccc(N(C)CCNCc2cccnc2)cc1. The van der Waals surface area contributed by atoms with Gasteiger partial charge < -0.3 is 10.2 Å². The normalized spacial score (nSPS) is 10.4. The summed E-state index contributed by atoms with van der Waals surface area (Å²) in [6.45, 7) is 4.93. The molecule has 1 aromatic carbocycles. The number of nitrogens with zero attached hydrogens (tertiary/aromatic N) is 2. The number of aryl methyl sites for hydroxylation is 1. The predicted molar refractivity (Wildman–Crippen MR) is 80.4 cm³/mol. The molecule has 0 aliphatic rings. The molecule has 0 spiro atoms. The molecule has 0 radical (unpaired) electrons. The molecule has 0 fully saturated rings. The minimum atomic E-state index is 0.871. The van der Waals surface area contributed by atoms with Crippen LogP contribution in [0, 0.1) is 6.92 Å². The minimum Gasteiger partial charge on any atom is -0.373 e. The van der Waals surface area contributed by atoms with Crippen LogP contribution in [0.4, 0.5) is 5.69 Å². The molecule has 0 aliphatic carbocycles. The molecule has 1 N–H and O–H groups in total. The van der Waals surface area contributed by atoms with Crippen LogP contribution in [0.2, 0.25) is 0 Å². The molecular weight excluding hydrogens is 234 g/mol. The summed E-state index contributed by atoms with van der Waals surface area (Å²) < 4.78 is 0. The summed E-state index contributed by atoms with van der Waals surface area (Å²) in [6, 6.07) is 12.7.